The highest BCUT2D eigenvalue weighted by molar-refractivity contribution is 9.10. The third-order valence-electron chi connectivity index (χ3n) is 3.73. The van der Waals surface area contributed by atoms with E-state index in [2.05, 4.69) is 26.0 Å². The zero-order valence-corrected chi connectivity index (χ0v) is 13.8. The minimum Gasteiger partial charge on any atom is -0.239 e. The largest absolute Gasteiger partial charge is 0.239 e. The van der Waals surface area contributed by atoms with Crippen molar-refractivity contribution in [1.29, 1.82) is 0 Å². The summed E-state index contributed by atoms with van der Waals surface area (Å²) in [6.45, 7) is 0. The number of nitrogens with zero attached hydrogens (tertiary/aromatic N) is 3. The summed E-state index contributed by atoms with van der Waals surface area (Å²) in [6, 6.07) is 13.0. The molecule has 24 heavy (non-hydrogen) atoms. The predicted molar refractivity (Wildman–Crippen MR) is 91.5 cm³/mol. The predicted octanol–water partition coefficient (Wildman–Crippen LogP) is 5.10. The van der Waals surface area contributed by atoms with Gasteiger partial charge in [0, 0.05) is 34.1 Å². The molecule has 0 aliphatic heterocycles. The Morgan fingerprint density at radius 1 is 0.917 bits per heavy atom. The van der Waals surface area contributed by atoms with Gasteiger partial charge in [0.15, 0.2) is 0 Å². The van der Waals surface area contributed by atoms with Gasteiger partial charge >= 0.3 is 0 Å². The Balaban J connectivity index is 2.05. The van der Waals surface area contributed by atoms with Crippen LogP contribution < -0.4 is 0 Å². The Kier molecular flexibility index (Phi) is 3.61. The molecule has 0 aliphatic carbocycles. The quantitative estimate of drug-likeness (QED) is 0.449. The Bertz CT molecular complexity index is 1040. The van der Waals surface area contributed by atoms with Crippen molar-refractivity contribution in [2.75, 3.05) is 0 Å². The average molecular weight is 386 g/mol. The second kappa shape index (κ2) is 5.79. The lowest BCUT2D eigenvalue weighted by atomic mass is 10.0. The molecule has 0 spiro atoms. The Morgan fingerprint density at radius 2 is 1.71 bits per heavy atom. The molecular formula is C18H10BrF2N3. The van der Waals surface area contributed by atoms with Crippen LogP contribution in [0.25, 0.3) is 27.9 Å². The average Bonchev–Trinajstić information content (AvgIpc) is 2.94. The summed E-state index contributed by atoms with van der Waals surface area (Å²) in [5.41, 5.74) is 3.67. The smallest absolute Gasteiger partial charge is 0.213 e. The molecule has 0 atom stereocenters. The van der Waals surface area contributed by atoms with Crippen LogP contribution in [0.15, 0.2) is 65.4 Å². The summed E-state index contributed by atoms with van der Waals surface area (Å²) in [5, 5.41) is 4.60. The zero-order valence-electron chi connectivity index (χ0n) is 12.2. The topological polar surface area (TPSA) is 30.2 Å². The van der Waals surface area contributed by atoms with Gasteiger partial charge in [0.25, 0.3) is 0 Å². The highest BCUT2D eigenvalue weighted by Crippen LogP contribution is 2.35. The van der Waals surface area contributed by atoms with E-state index >= 15 is 0 Å². The number of benzene rings is 1. The van der Waals surface area contributed by atoms with Crippen molar-refractivity contribution in [3.63, 3.8) is 0 Å². The molecule has 3 heterocycles. The van der Waals surface area contributed by atoms with Gasteiger partial charge in [-0.25, -0.2) is 13.9 Å². The van der Waals surface area contributed by atoms with Crippen LogP contribution in [0.5, 0.6) is 0 Å². The Hall–Kier alpha value is -2.60. The fourth-order valence-corrected chi connectivity index (χ4v) is 3.00. The molecule has 0 bridgehead atoms. The molecule has 3 aromatic heterocycles. The molecule has 0 N–H and O–H groups in total. The van der Waals surface area contributed by atoms with Crippen molar-refractivity contribution >= 4 is 21.4 Å². The Labute approximate surface area is 144 Å². The van der Waals surface area contributed by atoms with E-state index in [4.69, 9.17) is 0 Å². The molecule has 4 rings (SSSR count). The zero-order chi connectivity index (χ0) is 16.7. The summed E-state index contributed by atoms with van der Waals surface area (Å²) in [4.78, 5) is 3.61. The van der Waals surface area contributed by atoms with Crippen LogP contribution in [0.2, 0.25) is 0 Å². The normalized spacial score (nSPS) is 11.1. The lowest BCUT2D eigenvalue weighted by Gasteiger charge is -2.04. The molecule has 0 saturated carbocycles. The number of fused-ring (bicyclic) bond motifs is 1. The van der Waals surface area contributed by atoms with E-state index in [0.717, 1.165) is 21.1 Å². The molecule has 0 fully saturated rings. The highest BCUT2D eigenvalue weighted by Gasteiger charge is 2.17. The molecule has 3 nitrogen and oxygen atoms in total. The van der Waals surface area contributed by atoms with Gasteiger partial charge in [0.2, 0.25) is 5.95 Å². The van der Waals surface area contributed by atoms with Gasteiger partial charge in [0.05, 0.1) is 5.52 Å². The van der Waals surface area contributed by atoms with Gasteiger partial charge in [0.1, 0.15) is 11.5 Å². The van der Waals surface area contributed by atoms with Crippen LogP contribution in [0, 0.1) is 11.8 Å². The van der Waals surface area contributed by atoms with Gasteiger partial charge in [-0.3, -0.25) is 0 Å². The van der Waals surface area contributed by atoms with E-state index < -0.39 is 5.95 Å². The lowest BCUT2D eigenvalue weighted by Crippen LogP contribution is -1.86. The van der Waals surface area contributed by atoms with Crippen LogP contribution in [0.3, 0.4) is 0 Å². The number of aromatic nitrogens is 3. The molecule has 118 valence electrons. The van der Waals surface area contributed by atoms with Crippen LogP contribution in [-0.4, -0.2) is 14.6 Å². The number of rotatable bonds is 2. The molecule has 1 aromatic carbocycles. The molecule has 0 unspecified atom stereocenters. The van der Waals surface area contributed by atoms with Gasteiger partial charge in [-0.15, -0.1) is 0 Å². The maximum atomic E-state index is 13.6. The van der Waals surface area contributed by atoms with E-state index in [-0.39, 0.29) is 5.82 Å². The molecule has 0 amide bonds. The number of pyridine rings is 2. The first kappa shape index (κ1) is 15.0. The second-order valence-corrected chi connectivity index (χ2v) is 6.19. The van der Waals surface area contributed by atoms with Crippen molar-refractivity contribution in [3.8, 4) is 22.4 Å². The molecule has 0 radical (unpaired) electrons. The van der Waals surface area contributed by atoms with E-state index in [9.17, 15) is 8.78 Å². The van der Waals surface area contributed by atoms with Gasteiger partial charge in [-0.05, 0) is 64.0 Å². The molecule has 4 aromatic rings. The molecule has 6 heteroatoms. The van der Waals surface area contributed by atoms with E-state index in [1.807, 2.05) is 18.3 Å². The molecule has 0 aliphatic rings. The van der Waals surface area contributed by atoms with Crippen LogP contribution in [0.1, 0.15) is 0 Å². The minimum atomic E-state index is -0.561. The second-order valence-electron chi connectivity index (χ2n) is 5.27. The van der Waals surface area contributed by atoms with Crippen LogP contribution >= 0.6 is 15.9 Å². The van der Waals surface area contributed by atoms with Crippen molar-refractivity contribution in [2.24, 2.45) is 0 Å². The van der Waals surface area contributed by atoms with Gasteiger partial charge < -0.3 is 0 Å². The third kappa shape index (κ3) is 2.59. The first-order valence-electron chi connectivity index (χ1n) is 7.17. The van der Waals surface area contributed by atoms with Gasteiger partial charge in [-0.1, -0.05) is 0 Å². The number of hydrogen-bond acceptors (Lipinski definition) is 2. The van der Waals surface area contributed by atoms with E-state index in [1.165, 1.54) is 24.4 Å². The Morgan fingerprint density at radius 3 is 2.46 bits per heavy atom. The maximum absolute atomic E-state index is 13.6. The first-order chi connectivity index (χ1) is 11.6. The maximum Gasteiger partial charge on any atom is 0.213 e. The van der Waals surface area contributed by atoms with Crippen molar-refractivity contribution in [2.45, 2.75) is 0 Å². The summed E-state index contributed by atoms with van der Waals surface area (Å²) >= 11 is 3.42. The van der Waals surface area contributed by atoms with Crippen molar-refractivity contribution in [3.05, 3.63) is 77.2 Å². The van der Waals surface area contributed by atoms with E-state index in [1.54, 1.807) is 22.7 Å². The van der Waals surface area contributed by atoms with Crippen molar-refractivity contribution < 1.29 is 8.78 Å². The summed E-state index contributed by atoms with van der Waals surface area (Å²) in [6.07, 6.45) is 3.24. The molecular weight excluding hydrogens is 376 g/mol. The van der Waals surface area contributed by atoms with Crippen molar-refractivity contribution in [1.82, 2.24) is 14.6 Å². The van der Waals surface area contributed by atoms with Crippen LogP contribution in [-0.2, 0) is 0 Å². The number of halogens is 3. The minimum absolute atomic E-state index is 0.318. The lowest BCUT2D eigenvalue weighted by molar-refractivity contribution is 0.584. The summed E-state index contributed by atoms with van der Waals surface area (Å²) in [7, 11) is 0. The fourth-order valence-electron chi connectivity index (χ4n) is 2.68. The van der Waals surface area contributed by atoms with Gasteiger partial charge in [-0.2, -0.15) is 9.49 Å². The van der Waals surface area contributed by atoms with E-state index in [0.29, 0.717) is 11.3 Å². The fraction of sp³-hybridized carbons (Fsp3) is 0. The standard InChI is InChI=1S/C18H10BrF2N3/c19-13-3-6-15-17(12-7-8-22-16(21)9-12)18(23-24(15)10-13)11-1-4-14(20)5-2-11/h1-10H. The molecule has 0 saturated heterocycles. The monoisotopic (exact) mass is 385 g/mol. The highest BCUT2D eigenvalue weighted by atomic mass is 79.9. The van der Waals surface area contributed by atoms with Crippen LogP contribution in [0.4, 0.5) is 8.78 Å². The first-order valence-corrected chi connectivity index (χ1v) is 7.97. The summed E-state index contributed by atoms with van der Waals surface area (Å²) in [5.74, 6) is -0.879. The summed E-state index contributed by atoms with van der Waals surface area (Å²) < 4.78 is 29.5. The number of hydrogen-bond donors (Lipinski definition) is 0. The SMILES string of the molecule is Fc1ccc(-c2nn3cc(Br)ccc3c2-c2ccnc(F)c2)cc1. The third-order valence-corrected chi connectivity index (χ3v) is 4.20.